The molecule has 0 aliphatic carbocycles. The third-order valence-electron chi connectivity index (χ3n) is 2.79. The standard InChI is InChI=1S/C15H12P.Li/c1-11-7-8-14-13(9-11)10-15(16-14)12-5-3-2-4-6-12;/h2-10H,1H3;/q-1;+1. The fraction of sp³-hybridized carbons (Fsp3) is 0.0667. The fourth-order valence-corrected chi connectivity index (χ4v) is 3.11. The Balaban J connectivity index is 0.00000108. The second-order valence-corrected chi connectivity index (χ2v) is 5.26. The molecule has 2 aromatic carbocycles. The first-order chi connectivity index (χ1) is 7.83. The minimum atomic E-state index is 0. The van der Waals surface area contributed by atoms with Crippen LogP contribution >= 0.6 is 8.19 Å². The van der Waals surface area contributed by atoms with Crippen molar-refractivity contribution in [2.24, 2.45) is 0 Å². The molecule has 0 amide bonds. The van der Waals surface area contributed by atoms with E-state index in [1.165, 1.54) is 35.1 Å². The molecule has 0 bridgehead atoms. The molecule has 0 nitrogen and oxygen atoms in total. The molecule has 0 radical (unpaired) electrons. The Morgan fingerprint density at radius 2 is 1.65 bits per heavy atom. The molecular weight excluding hydrogens is 218 g/mol. The summed E-state index contributed by atoms with van der Waals surface area (Å²) in [7, 11) is 1.33. The molecule has 0 saturated heterocycles. The topological polar surface area (TPSA) is 0 Å². The van der Waals surface area contributed by atoms with Gasteiger partial charge in [0.15, 0.2) is 0 Å². The second-order valence-electron chi connectivity index (χ2n) is 4.07. The maximum absolute atomic E-state index is 2.30. The molecule has 78 valence electrons. The Kier molecular flexibility index (Phi) is 3.80. The third kappa shape index (κ3) is 2.51. The average molecular weight is 230 g/mol. The van der Waals surface area contributed by atoms with Crippen LogP contribution in [0.3, 0.4) is 0 Å². The van der Waals surface area contributed by atoms with E-state index in [-0.39, 0.29) is 18.9 Å². The molecule has 0 aliphatic heterocycles. The number of benzene rings is 2. The molecule has 1 heterocycles. The minimum absolute atomic E-state index is 0. The van der Waals surface area contributed by atoms with Gasteiger partial charge in [-0.2, -0.15) is 10.4 Å². The predicted molar refractivity (Wildman–Crippen MR) is 72.2 cm³/mol. The molecule has 0 unspecified atom stereocenters. The number of hydrogen-bond acceptors (Lipinski definition) is 0. The van der Waals surface area contributed by atoms with Crippen molar-refractivity contribution >= 4 is 18.7 Å². The summed E-state index contributed by atoms with van der Waals surface area (Å²) in [5.74, 6) is 0. The van der Waals surface area contributed by atoms with Crippen LogP contribution in [0.2, 0.25) is 0 Å². The van der Waals surface area contributed by atoms with E-state index in [0.29, 0.717) is 0 Å². The summed E-state index contributed by atoms with van der Waals surface area (Å²) in [6.07, 6.45) is 0. The molecule has 17 heavy (non-hydrogen) atoms. The van der Waals surface area contributed by atoms with E-state index in [4.69, 9.17) is 0 Å². The summed E-state index contributed by atoms with van der Waals surface area (Å²) >= 11 is 0. The predicted octanol–water partition coefficient (Wildman–Crippen LogP) is 2.12. The van der Waals surface area contributed by atoms with E-state index >= 15 is 0 Å². The monoisotopic (exact) mass is 230 g/mol. The third-order valence-corrected chi connectivity index (χ3v) is 4.06. The smallest absolute Gasteiger partial charge is 0.514 e. The molecule has 0 atom stereocenters. The first-order valence-electron chi connectivity index (χ1n) is 5.42. The molecular formula is C15H12LiP. The van der Waals surface area contributed by atoms with Crippen LogP contribution in [-0.2, 0) is 0 Å². The van der Waals surface area contributed by atoms with Crippen molar-refractivity contribution in [1.29, 1.82) is 0 Å². The maximum Gasteiger partial charge on any atom is 1.00 e. The average Bonchev–Trinajstić information content (AvgIpc) is 2.73. The molecule has 0 fully saturated rings. The van der Waals surface area contributed by atoms with Crippen LogP contribution in [0.1, 0.15) is 5.56 Å². The van der Waals surface area contributed by atoms with Gasteiger partial charge < -0.3 is 8.19 Å². The Morgan fingerprint density at radius 1 is 0.882 bits per heavy atom. The molecule has 3 aromatic rings. The summed E-state index contributed by atoms with van der Waals surface area (Å²) in [5, 5.41) is 4.20. The first kappa shape index (κ1) is 12.5. The normalized spacial score (nSPS) is 10.6. The van der Waals surface area contributed by atoms with Crippen molar-refractivity contribution in [2.45, 2.75) is 6.92 Å². The van der Waals surface area contributed by atoms with Crippen LogP contribution in [-0.4, -0.2) is 0 Å². The van der Waals surface area contributed by atoms with Gasteiger partial charge in [-0.25, -0.2) is 0 Å². The summed E-state index contributed by atoms with van der Waals surface area (Å²) in [5.41, 5.74) is 2.66. The molecule has 0 spiro atoms. The van der Waals surface area contributed by atoms with Crippen molar-refractivity contribution in [3.63, 3.8) is 0 Å². The molecule has 0 N–H and O–H groups in total. The van der Waals surface area contributed by atoms with Crippen LogP contribution < -0.4 is 18.9 Å². The van der Waals surface area contributed by atoms with Gasteiger partial charge in [0.1, 0.15) is 0 Å². The number of hydrogen-bond donors (Lipinski definition) is 0. The minimum Gasteiger partial charge on any atom is -0.514 e. The largest absolute Gasteiger partial charge is 1.00 e. The van der Waals surface area contributed by atoms with Gasteiger partial charge >= 0.3 is 18.9 Å². The molecule has 0 saturated carbocycles. The zero-order valence-electron chi connectivity index (χ0n) is 10.1. The maximum atomic E-state index is 2.30. The fourth-order valence-electron chi connectivity index (χ4n) is 1.96. The number of fused-ring (bicyclic) bond motifs is 1. The van der Waals surface area contributed by atoms with Crippen molar-refractivity contribution in [3.05, 3.63) is 60.2 Å². The molecule has 0 aliphatic rings. The van der Waals surface area contributed by atoms with E-state index in [9.17, 15) is 0 Å². The Morgan fingerprint density at radius 3 is 2.41 bits per heavy atom. The van der Waals surface area contributed by atoms with Crippen molar-refractivity contribution in [3.8, 4) is 10.9 Å². The van der Waals surface area contributed by atoms with E-state index in [1.807, 2.05) is 0 Å². The van der Waals surface area contributed by atoms with E-state index in [2.05, 4.69) is 61.5 Å². The van der Waals surface area contributed by atoms with Crippen LogP contribution in [0.5, 0.6) is 0 Å². The summed E-state index contributed by atoms with van der Waals surface area (Å²) in [6, 6.07) is 19.6. The van der Waals surface area contributed by atoms with Crippen LogP contribution in [0.4, 0.5) is 0 Å². The zero-order chi connectivity index (χ0) is 11.0. The van der Waals surface area contributed by atoms with Gasteiger partial charge in [-0.15, -0.1) is 0 Å². The summed E-state index contributed by atoms with van der Waals surface area (Å²) in [6.45, 7) is 2.14. The van der Waals surface area contributed by atoms with E-state index in [1.54, 1.807) is 0 Å². The number of rotatable bonds is 1. The van der Waals surface area contributed by atoms with Crippen molar-refractivity contribution in [2.75, 3.05) is 0 Å². The van der Waals surface area contributed by atoms with Gasteiger partial charge in [-0.1, -0.05) is 65.5 Å². The summed E-state index contributed by atoms with van der Waals surface area (Å²) in [4.78, 5) is 0. The van der Waals surface area contributed by atoms with Gasteiger partial charge in [0, 0.05) is 0 Å². The molecule has 1 aromatic heterocycles. The van der Waals surface area contributed by atoms with Gasteiger partial charge in [0.05, 0.1) is 0 Å². The summed E-state index contributed by atoms with van der Waals surface area (Å²) < 4.78 is 0. The zero-order valence-corrected chi connectivity index (χ0v) is 11.0. The van der Waals surface area contributed by atoms with Gasteiger partial charge in [-0.3, -0.25) is 0 Å². The molecule has 2 heteroatoms. The van der Waals surface area contributed by atoms with Crippen molar-refractivity contribution < 1.29 is 18.9 Å². The first-order valence-corrected chi connectivity index (χ1v) is 6.32. The van der Waals surface area contributed by atoms with Crippen molar-refractivity contribution in [1.82, 2.24) is 0 Å². The molecule has 3 rings (SSSR count). The SMILES string of the molecule is Cc1ccc2[p-]c(-c3ccccc3)cc2c1.[Li+]. The Hall–Kier alpha value is -0.923. The van der Waals surface area contributed by atoms with Crippen LogP contribution in [0, 0.1) is 6.92 Å². The van der Waals surface area contributed by atoms with Crippen LogP contribution in [0.15, 0.2) is 54.6 Å². The van der Waals surface area contributed by atoms with Gasteiger partial charge in [0.2, 0.25) is 0 Å². The van der Waals surface area contributed by atoms with Crippen LogP contribution in [0.25, 0.3) is 21.4 Å². The number of aryl methyl sites for hydroxylation is 1. The quantitative estimate of drug-likeness (QED) is 0.562. The second kappa shape index (κ2) is 5.15. The van der Waals surface area contributed by atoms with E-state index < -0.39 is 0 Å². The van der Waals surface area contributed by atoms with Gasteiger partial charge in [0.25, 0.3) is 0 Å². The van der Waals surface area contributed by atoms with E-state index in [0.717, 1.165) is 0 Å². The Bertz CT molecular complexity index is 626. The van der Waals surface area contributed by atoms with Gasteiger partial charge in [-0.05, 0) is 12.5 Å². The Labute approximate surface area is 115 Å².